The van der Waals surface area contributed by atoms with Crippen LogP contribution in [0.5, 0.6) is 5.75 Å². The third-order valence-electron chi connectivity index (χ3n) is 3.97. The number of likely N-dealkylation sites (N-methyl/N-ethyl adjacent to an activating group) is 1. The van der Waals surface area contributed by atoms with Crippen molar-refractivity contribution in [3.8, 4) is 5.75 Å². The summed E-state index contributed by atoms with van der Waals surface area (Å²) < 4.78 is 12.3. The summed E-state index contributed by atoms with van der Waals surface area (Å²) in [5.41, 5.74) is 0. The van der Waals surface area contributed by atoms with Crippen molar-refractivity contribution in [2.75, 3.05) is 20.1 Å². The molecule has 1 aromatic heterocycles. The molecule has 7 heteroatoms. The van der Waals surface area contributed by atoms with Gasteiger partial charge >= 0.3 is 0 Å². The molecule has 24 heavy (non-hydrogen) atoms. The number of carbonyl (C=O) groups is 1. The molecule has 0 bridgehead atoms. The summed E-state index contributed by atoms with van der Waals surface area (Å²) in [7, 11) is 1.82. The largest absolute Gasteiger partial charge is 0.486 e. The molecule has 0 aliphatic carbocycles. The molecule has 1 fully saturated rings. The van der Waals surface area contributed by atoms with Crippen molar-refractivity contribution in [1.82, 2.24) is 10.2 Å². The van der Waals surface area contributed by atoms with Crippen molar-refractivity contribution in [2.45, 2.75) is 19.1 Å². The third-order valence-corrected chi connectivity index (χ3v) is 4.50. The molecule has 1 atom stereocenters. The van der Waals surface area contributed by atoms with Gasteiger partial charge in [0.05, 0.1) is 0 Å². The van der Waals surface area contributed by atoms with E-state index in [1.807, 2.05) is 31.3 Å². The van der Waals surface area contributed by atoms with Gasteiger partial charge < -0.3 is 19.4 Å². The molecule has 0 spiro atoms. The Morgan fingerprint density at radius 1 is 1.33 bits per heavy atom. The molecule has 3 rings (SSSR count). The van der Waals surface area contributed by atoms with Crippen LogP contribution >= 0.6 is 28.3 Å². The average molecular weight is 416 g/mol. The summed E-state index contributed by atoms with van der Waals surface area (Å²) in [5.74, 6) is 1.66. The summed E-state index contributed by atoms with van der Waals surface area (Å²) in [6.07, 6.45) is 0.975. The van der Waals surface area contributed by atoms with Crippen LogP contribution in [-0.2, 0) is 6.61 Å². The predicted octanol–water partition coefficient (Wildman–Crippen LogP) is 3.48. The maximum atomic E-state index is 12.4. The van der Waals surface area contributed by atoms with Crippen molar-refractivity contribution >= 4 is 34.2 Å². The number of hydrogen-bond donors (Lipinski definition) is 1. The standard InChI is InChI=1S/C17H19BrN2O3.ClH/c1-20(13-8-9-19-10-13)17(21)16-7-6-15(23-16)11-22-14-4-2-12(18)3-5-14;/h2-7,13,19H,8-11H2,1H3;1H. The van der Waals surface area contributed by atoms with Crippen LogP contribution in [-0.4, -0.2) is 37.0 Å². The predicted molar refractivity (Wildman–Crippen MR) is 97.8 cm³/mol. The molecule has 1 unspecified atom stereocenters. The fourth-order valence-corrected chi connectivity index (χ4v) is 2.83. The van der Waals surface area contributed by atoms with Crippen LogP contribution in [0, 0.1) is 0 Å². The quantitative estimate of drug-likeness (QED) is 0.812. The van der Waals surface area contributed by atoms with Gasteiger partial charge in [-0.1, -0.05) is 15.9 Å². The molecule has 1 amide bonds. The number of nitrogens with zero attached hydrogens (tertiary/aromatic N) is 1. The molecule has 1 aliphatic rings. The summed E-state index contributed by atoms with van der Waals surface area (Å²) in [4.78, 5) is 14.2. The van der Waals surface area contributed by atoms with E-state index in [1.54, 1.807) is 17.0 Å². The summed E-state index contributed by atoms with van der Waals surface area (Å²) in [6, 6.07) is 11.3. The molecule has 1 aromatic carbocycles. The Hall–Kier alpha value is -1.50. The maximum Gasteiger partial charge on any atom is 0.289 e. The summed E-state index contributed by atoms with van der Waals surface area (Å²) in [6.45, 7) is 2.08. The lowest BCUT2D eigenvalue weighted by Crippen LogP contribution is -2.38. The van der Waals surface area contributed by atoms with Crippen molar-refractivity contribution in [3.63, 3.8) is 0 Å². The van der Waals surface area contributed by atoms with Crippen molar-refractivity contribution in [2.24, 2.45) is 0 Å². The molecule has 5 nitrogen and oxygen atoms in total. The minimum atomic E-state index is -0.0893. The van der Waals surface area contributed by atoms with Gasteiger partial charge in [0.2, 0.25) is 0 Å². The van der Waals surface area contributed by atoms with Crippen LogP contribution < -0.4 is 10.1 Å². The average Bonchev–Trinajstić information content (AvgIpc) is 3.24. The minimum Gasteiger partial charge on any atom is -0.486 e. The van der Waals surface area contributed by atoms with Gasteiger partial charge in [0.15, 0.2) is 5.76 Å². The van der Waals surface area contributed by atoms with E-state index in [-0.39, 0.29) is 24.4 Å². The van der Waals surface area contributed by atoms with E-state index in [2.05, 4.69) is 21.2 Å². The van der Waals surface area contributed by atoms with E-state index in [9.17, 15) is 4.79 Å². The van der Waals surface area contributed by atoms with Gasteiger partial charge in [-0.3, -0.25) is 4.79 Å². The Kier molecular flexibility index (Phi) is 6.71. The van der Waals surface area contributed by atoms with Gasteiger partial charge in [0.1, 0.15) is 18.1 Å². The first-order chi connectivity index (χ1) is 11.1. The lowest BCUT2D eigenvalue weighted by molar-refractivity contribution is 0.0707. The van der Waals surface area contributed by atoms with Crippen LogP contribution in [0.1, 0.15) is 22.7 Å². The highest BCUT2D eigenvalue weighted by molar-refractivity contribution is 9.10. The second-order valence-electron chi connectivity index (χ2n) is 5.57. The Labute approximate surface area is 155 Å². The maximum absolute atomic E-state index is 12.4. The zero-order valence-electron chi connectivity index (χ0n) is 13.3. The Bertz CT molecular complexity index is 669. The lowest BCUT2D eigenvalue weighted by Gasteiger charge is -2.22. The molecule has 0 saturated carbocycles. The van der Waals surface area contributed by atoms with E-state index < -0.39 is 0 Å². The number of hydrogen-bond acceptors (Lipinski definition) is 4. The topological polar surface area (TPSA) is 54.7 Å². The molecule has 2 aromatic rings. The number of benzene rings is 1. The van der Waals surface area contributed by atoms with Crippen LogP contribution in [0.3, 0.4) is 0 Å². The van der Waals surface area contributed by atoms with Gasteiger partial charge in [-0.2, -0.15) is 0 Å². The fraction of sp³-hybridized carbons (Fsp3) is 0.353. The summed E-state index contributed by atoms with van der Waals surface area (Å²) >= 11 is 3.38. The van der Waals surface area contributed by atoms with Crippen LogP contribution in [0.25, 0.3) is 0 Å². The second kappa shape index (κ2) is 8.55. The lowest BCUT2D eigenvalue weighted by atomic mass is 10.2. The highest BCUT2D eigenvalue weighted by atomic mass is 79.9. The SMILES string of the molecule is CN(C(=O)c1ccc(COc2ccc(Br)cc2)o1)C1CCNC1.Cl. The van der Waals surface area contributed by atoms with Gasteiger partial charge in [0.25, 0.3) is 5.91 Å². The van der Waals surface area contributed by atoms with Gasteiger partial charge in [-0.25, -0.2) is 0 Å². The molecule has 1 saturated heterocycles. The van der Waals surface area contributed by atoms with Crippen LogP contribution in [0.4, 0.5) is 0 Å². The molecule has 1 aliphatic heterocycles. The van der Waals surface area contributed by atoms with Gasteiger partial charge in [-0.05, 0) is 49.4 Å². The van der Waals surface area contributed by atoms with E-state index in [0.29, 0.717) is 18.1 Å². The molecular weight excluding hydrogens is 396 g/mol. The van der Waals surface area contributed by atoms with Crippen LogP contribution in [0.2, 0.25) is 0 Å². The van der Waals surface area contributed by atoms with E-state index in [0.717, 1.165) is 29.7 Å². The monoisotopic (exact) mass is 414 g/mol. The van der Waals surface area contributed by atoms with Crippen molar-refractivity contribution < 1.29 is 13.9 Å². The smallest absolute Gasteiger partial charge is 0.289 e. The first kappa shape index (κ1) is 18.8. The highest BCUT2D eigenvalue weighted by Gasteiger charge is 2.25. The van der Waals surface area contributed by atoms with Gasteiger partial charge in [-0.15, -0.1) is 12.4 Å². The Morgan fingerprint density at radius 2 is 2.08 bits per heavy atom. The van der Waals surface area contributed by atoms with Crippen molar-refractivity contribution in [1.29, 1.82) is 0 Å². The molecular formula is C17H20BrClN2O3. The third kappa shape index (κ3) is 4.53. The number of rotatable bonds is 5. The molecule has 1 N–H and O–H groups in total. The fourth-order valence-electron chi connectivity index (χ4n) is 2.57. The van der Waals surface area contributed by atoms with E-state index in [4.69, 9.17) is 9.15 Å². The number of halogens is 2. The first-order valence-corrected chi connectivity index (χ1v) is 8.38. The highest BCUT2D eigenvalue weighted by Crippen LogP contribution is 2.19. The van der Waals surface area contributed by atoms with Gasteiger partial charge in [0, 0.05) is 24.1 Å². The van der Waals surface area contributed by atoms with E-state index in [1.165, 1.54) is 0 Å². The number of amides is 1. The number of ether oxygens (including phenoxy) is 1. The number of furan rings is 1. The zero-order chi connectivity index (χ0) is 16.2. The Morgan fingerprint density at radius 3 is 2.75 bits per heavy atom. The number of carbonyl (C=O) groups excluding carboxylic acids is 1. The van der Waals surface area contributed by atoms with Crippen molar-refractivity contribution in [3.05, 3.63) is 52.4 Å². The number of nitrogens with one attached hydrogen (secondary N) is 1. The second-order valence-corrected chi connectivity index (χ2v) is 6.49. The molecule has 0 radical (unpaired) electrons. The molecule has 130 valence electrons. The Balaban J connectivity index is 0.00000208. The van der Waals surface area contributed by atoms with E-state index >= 15 is 0 Å². The summed E-state index contributed by atoms with van der Waals surface area (Å²) in [5, 5.41) is 3.26. The first-order valence-electron chi connectivity index (χ1n) is 7.58. The normalized spacial score (nSPS) is 16.5. The van der Waals surface area contributed by atoms with Crippen LogP contribution in [0.15, 0.2) is 45.3 Å². The molecule has 2 heterocycles. The zero-order valence-corrected chi connectivity index (χ0v) is 15.7. The minimum absolute atomic E-state index is 0.